The van der Waals surface area contributed by atoms with Gasteiger partial charge in [0.15, 0.2) is 0 Å². The summed E-state index contributed by atoms with van der Waals surface area (Å²) in [6.07, 6.45) is 5.87. The third kappa shape index (κ3) is 2.02. The summed E-state index contributed by atoms with van der Waals surface area (Å²) in [6.45, 7) is 4.22. The molecule has 3 nitrogen and oxygen atoms in total. The van der Waals surface area contributed by atoms with Crippen LogP contribution in [0, 0.1) is 0 Å². The Morgan fingerprint density at radius 2 is 2.00 bits per heavy atom. The van der Waals surface area contributed by atoms with Gasteiger partial charge in [0.05, 0.1) is 23.4 Å². The van der Waals surface area contributed by atoms with E-state index in [1.54, 1.807) is 0 Å². The second-order valence-electron chi connectivity index (χ2n) is 5.56. The van der Waals surface area contributed by atoms with Crippen LogP contribution in [0.15, 0.2) is 0 Å². The molecule has 0 bridgehead atoms. The molecule has 1 fully saturated rings. The summed E-state index contributed by atoms with van der Waals surface area (Å²) in [4.78, 5) is 6.26. The van der Waals surface area contributed by atoms with Gasteiger partial charge >= 0.3 is 0 Å². The Bertz CT molecular complexity index is 398. The molecule has 0 radical (unpaired) electrons. The topological polar surface area (TPSA) is 48.1 Å². The number of nitrogens with zero attached hydrogens (tertiary/aromatic N) is 1. The van der Waals surface area contributed by atoms with E-state index in [1.807, 2.05) is 11.3 Å². The van der Waals surface area contributed by atoms with Crippen LogP contribution in [0.5, 0.6) is 0 Å². The van der Waals surface area contributed by atoms with Gasteiger partial charge in [0.2, 0.25) is 0 Å². The lowest BCUT2D eigenvalue weighted by molar-refractivity contribution is -0.0619. The van der Waals surface area contributed by atoms with Gasteiger partial charge in [0.1, 0.15) is 5.01 Å². The van der Waals surface area contributed by atoms with Crippen molar-refractivity contribution in [3.8, 4) is 0 Å². The monoisotopic (exact) mass is 252 g/mol. The van der Waals surface area contributed by atoms with Gasteiger partial charge in [-0.1, -0.05) is 0 Å². The second kappa shape index (κ2) is 4.04. The number of thiazole rings is 1. The third-order valence-corrected chi connectivity index (χ3v) is 5.17. The summed E-state index contributed by atoms with van der Waals surface area (Å²) in [6, 6.07) is 0. The highest BCUT2D eigenvalue weighted by atomic mass is 32.1. The van der Waals surface area contributed by atoms with Crippen LogP contribution < -0.4 is 5.73 Å². The van der Waals surface area contributed by atoms with E-state index in [2.05, 4.69) is 13.8 Å². The third-order valence-electron chi connectivity index (χ3n) is 3.79. The summed E-state index contributed by atoms with van der Waals surface area (Å²) < 4.78 is 5.78. The van der Waals surface area contributed by atoms with Gasteiger partial charge in [-0.05, 0) is 46.0 Å². The standard InChI is InChI=1S/C13H20N2OS/c1-8-6-13(14,7-9(2)16-8)12-15-10-4-3-5-11(10)17-12/h8-9H,3-7,14H2,1-2H3. The molecule has 17 heavy (non-hydrogen) atoms. The highest BCUT2D eigenvalue weighted by molar-refractivity contribution is 7.12. The fourth-order valence-corrected chi connectivity index (χ4v) is 4.45. The zero-order valence-corrected chi connectivity index (χ0v) is 11.3. The molecule has 0 aromatic carbocycles. The van der Waals surface area contributed by atoms with Crippen molar-refractivity contribution in [2.24, 2.45) is 5.73 Å². The Balaban J connectivity index is 1.90. The first-order valence-corrected chi connectivity index (χ1v) is 7.32. The van der Waals surface area contributed by atoms with E-state index in [-0.39, 0.29) is 17.7 Å². The Morgan fingerprint density at radius 1 is 1.29 bits per heavy atom. The summed E-state index contributed by atoms with van der Waals surface area (Å²) in [5, 5.41) is 1.14. The molecule has 0 amide bonds. The minimum absolute atomic E-state index is 0.238. The minimum atomic E-state index is -0.258. The largest absolute Gasteiger partial charge is 0.375 e. The number of aromatic nitrogens is 1. The molecule has 4 heteroatoms. The molecule has 2 aliphatic rings. The van der Waals surface area contributed by atoms with E-state index >= 15 is 0 Å². The number of rotatable bonds is 1. The van der Waals surface area contributed by atoms with E-state index in [1.165, 1.54) is 23.4 Å². The Morgan fingerprint density at radius 3 is 2.65 bits per heavy atom. The Labute approximate surface area is 106 Å². The van der Waals surface area contributed by atoms with Crippen molar-refractivity contribution in [1.29, 1.82) is 0 Å². The van der Waals surface area contributed by atoms with Crippen LogP contribution in [0.4, 0.5) is 0 Å². The number of nitrogens with two attached hydrogens (primary N) is 1. The fourth-order valence-electron chi connectivity index (χ4n) is 3.18. The lowest BCUT2D eigenvalue weighted by atomic mass is 9.86. The van der Waals surface area contributed by atoms with Crippen LogP contribution in [-0.2, 0) is 23.1 Å². The number of hydrogen-bond acceptors (Lipinski definition) is 4. The van der Waals surface area contributed by atoms with Gasteiger partial charge in [-0.15, -0.1) is 11.3 Å². The van der Waals surface area contributed by atoms with Crippen molar-refractivity contribution in [2.45, 2.75) is 63.7 Å². The highest BCUT2D eigenvalue weighted by Gasteiger charge is 2.39. The van der Waals surface area contributed by atoms with Crippen molar-refractivity contribution >= 4 is 11.3 Å². The molecule has 2 heterocycles. The maximum Gasteiger partial charge on any atom is 0.113 e. The number of hydrogen-bond donors (Lipinski definition) is 1. The van der Waals surface area contributed by atoms with Gasteiger partial charge in [0, 0.05) is 4.88 Å². The van der Waals surface area contributed by atoms with Crippen molar-refractivity contribution in [3.63, 3.8) is 0 Å². The zero-order valence-electron chi connectivity index (χ0n) is 10.5. The number of aryl methyl sites for hydroxylation is 2. The second-order valence-corrected chi connectivity index (χ2v) is 6.65. The van der Waals surface area contributed by atoms with E-state index in [0.29, 0.717) is 0 Å². The molecular formula is C13H20N2OS. The first kappa shape index (κ1) is 11.6. The molecule has 2 unspecified atom stereocenters. The Kier molecular flexibility index (Phi) is 2.76. The highest BCUT2D eigenvalue weighted by Crippen LogP contribution is 2.39. The van der Waals surface area contributed by atoms with Crippen molar-refractivity contribution in [1.82, 2.24) is 4.98 Å². The van der Waals surface area contributed by atoms with Crippen LogP contribution >= 0.6 is 11.3 Å². The maximum atomic E-state index is 6.59. The van der Waals surface area contributed by atoms with Crippen LogP contribution in [0.3, 0.4) is 0 Å². The first-order chi connectivity index (χ1) is 8.07. The van der Waals surface area contributed by atoms with Gasteiger partial charge in [-0.25, -0.2) is 4.98 Å². The molecule has 1 aromatic heterocycles. The summed E-state index contributed by atoms with van der Waals surface area (Å²) in [5.41, 5.74) is 7.64. The molecule has 3 rings (SSSR count). The van der Waals surface area contributed by atoms with Crippen LogP contribution in [0.25, 0.3) is 0 Å². The van der Waals surface area contributed by atoms with E-state index in [0.717, 1.165) is 24.3 Å². The van der Waals surface area contributed by atoms with Crippen LogP contribution in [0.1, 0.15) is 48.7 Å². The molecule has 1 aliphatic carbocycles. The quantitative estimate of drug-likeness (QED) is 0.834. The predicted molar refractivity (Wildman–Crippen MR) is 69.2 cm³/mol. The van der Waals surface area contributed by atoms with E-state index in [4.69, 9.17) is 15.5 Å². The lowest BCUT2D eigenvalue weighted by Gasteiger charge is -2.38. The lowest BCUT2D eigenvalue weighted by Crippen LogP contribution is -2.47. The minimum Gasteiger partial charge on any atom is -0.375 e. The fraction of sp³-hybridized carbons (Fsp3) is 0.769. The Hall–Kier alpha value is -0.450. The summed E-state index contributed by atoms with van der Waals surface area (Å²) >= 11 is 1.84. The molecule has 94 valence electrons. The van der Waals surface area contributed by atoms with Crippen LogP contribution in [0.2, 0.25) is 0 Å². The first-order valence-electron chi connectivity index (χ1n) is 6.50. The van der Waals surface area contributed by atoms with E-state index < -0.39 is 0 Å². The summed E-state index contributed by atoms with van der Waals surface area (Å²) in [7, 11) is 0. The van der Waals surface area contributed by atoms with Gasteiger partial charge in [-0.3, -0.25) is 0 Å². The van der Waals surface area contributed by atoms with E-state index in [9.17, 15) is 0 Å². The molecule has 1 aliphatic heterocycles. The zero-order chi connectivity index (χ0) is 12.0. The molecule has 1 aromatic rings. The molecule has 2 atom stereocenters. The van der Waals surface area contributed by atoms with Crippen molar-refractivity contribution in [2.75, 3.05) is 0 Å². The smallest absolute Gasteiger partial charge is 0.113 e. The van der Waals surface area contributed by atoms with Crippen molar-refractivity contribution < 1.29 is 4.74 Å². The summed E-state index contributed by atoms with van der Waals surface area (Å²) in [5.74, 6) is 0. The predicted octanol–water partition coefficient (Wildman–Crippen LogP) is 2.37. The van der Waals surface area contributed by atoms with Crippen molar-refractivity contribution in [3.05, 3.63) is 15.6 Å². The SMILES string of the molecule is CC1CC(N)(c2nc3c(s2)CCC3)CC(C)O1. The van der Waals surface area contributed by atoms with Crippen LogP contribution in [-0.4, -0.2) is 17.2 Å². The van der Waals surface area contributed by atoms with Gasteiger partial charge < -0.3 is 10.5 Å². The molecule has 0 spiro atoms. The molecule has 2 N–H and O–H groups in total. The molecule has 0 saturated carbocycles. The maximum absolute atomic E-state index is 6.59. The number of fused-ring (bicyclic) bond motifs is 1. The molecular weight excluding hydrogens is 232 g/mol. The average Bonchev–Trinajstić information content (AvgIpc) is 2.72. The number of ether oxygens (including phenoxy) is 1. The van der Waals surface area contributed by atoms with Gasteiger partial charge in [0.25, 0.3) is 0 Å². The average molecular weight is 252 g/mol. The van der Waals surface area contributed by atoms with Gasteiger partial charge in [-0.2, -0.15) is 0 Å². The molecule has 1 saturated heterocycles. The normalized spacial score (nSPS) is 37.1.